The van der Waals surface area contributed by atoms with Gasteiger partial charge in [-0.3, -0.25) is 14.5 Å². The molecule has 1 saturated heterocycles. The van der Waals surface area contributed by atoms with Crippen LogP contribution in [0.25, 0.3) is 0 Å². The number of nitrogens with one attached hydrogen (secondary N) is 2. The standard InChI is InChI=1S/C18H27N3O4/c1-2-7-21(14-4-5-14)11-13-3-6-16(18(23)20-13)17(22)19-10-15-12-24-8-9-25-15/h3,6,14-15H,2,4-5,7-12H2,1H3,(H,19,22)(H,20,23)/t15-/m1/s1. The highest BCUT2D eigenvalue weighted by atomic mass is 16.6. The van der Waals surface area contributed by atoms with Crippen LogP contribution in [0.1, 0.15) is 42.2 Å². The number of aromatic amines is 1. The molecule has 2 fully saturated rings. The Morgan fingerprint density at radius 3 is 2.84 bits per heavy atom. The molecule has 2 aliphatic rings. The maximum atomic E-state index is 12.3. The van der Waals surface area contributed by atoms with Crippen LogP contribution in [-0.4, -0.2) is 60.8 Å². The summed E-state index contributed by atoms with van der Waals surface area (Å²) < 4.78 is 10.8. The van der Waals surface area contributed by atoms with Crippen LogP contribution in [0.3, 0.4) is 0 Å². The quantitative estimate of drug-likeness (QED) is 0.728. The van der Waals surface area contributed by atoms with E-state index in [2.05, 4.69) is 22.1 Å². The first-order chi connectivity index (χ1) is 12.2. The van der Waals surface area contributed by atoms with Crippen molar-refractivity contribution in [2.75, 3.05) is 32.9 Å². The van der Waals surface area contributed by atoms with Crippen LogP contribution >= 0.6 is 0 Å². The third-order valence-electron chi connectivity index (χ3n) is 4.54. The van der Waals surface area contributed by atoms with E-state index in [1.807, 2.05) is 6.07 Å². The SMILES string of the molecule is CCCN(Cc1ccc(C(=O)NC[C@@H]2COCCO2)c(=O)[nH]1)C1CC1. The van der Waals surface area contributed by atoms with Gasteiger partial charge in [0.25, 0.3) is 11.5 Å². The zero-order valence-corrected chi connectivity index (χ0v) is 14.8. The molecular weight excluding hydrogens is 322 g/mol. The van der Waals surface area contributed by atoms with Gasteiger partial charge in [0.05, 0.1) is 25.9 Å². The highest BCUT2D eigenvalue weighted by Crippen LogP contribution is 2.27. The number of rotatable bonds is 8. The molecule has 1 aromatic rings. The average Bonchev–Trinajstić information content (AvgIpc) is 3.45. The number of hydrogen-bond donors (Lipinski definition) is 2. The summed E-state index contributed by atoms with van der Waals surface area (Å²) in [5.41, 5.74) is 0.642. The second-order valence-electron chi connectivity index (χ2n) is 6.71. The first-order valence-electron chi connectivity index (χ1n) is 9.11. The number of ether oxygens (including phenoxy) is 2. The molecule has 3 rings (SSSR count). The molecule has 25 heavy (non-hydrogen) atoms. The Hall–Kier alpha value is -1.70. The number of pyridine rings is 1. The Kier molecular flexibility index (Phi) is 6.23. The largest absolute Gasteiger partial charge is 0.376 e. The molecule has 1 amide bonds. The minimum atomic E-state index is -0.380. The molecule has 0 spiro atoms. The van der Waals surface area contributed by atoms with Crippen molar-refractivity contribution in [3.8, 4) is 0 Å². The molecule has 0 bridgehead atoms. The molecule has 7 nitrogen and oxygen atoms in total. The third-order valence-corrected chi connectivity index (χ3v) is 4.54. The van der Waals surface area contributed by atoms with Gasteiger partial charge in [0.15, 0.2) is 0 Å². The van der Waals surface area contributed by atoms with Crippen LogP contribution in [-0.2, 0) is 16.0 Å². The minimum absolute atomic E-state index is 0.133. The predicted octanol–water partition coefficient (Wildman–Crippen LogP) is 0.895. The maximum absolute atomic E-state index is 12.3. The van der Waals surface area contributed by atoms with Crippen molar-refractivity contribution < 1.29 is 14.3 Å². The van der Waals surface area contributed by atoms with Crippen molar-refractivity contribution in [1.29, 1.82) is 0 Å². The predicted molar refractivity (Wildman–Crippen MR) is 93.7 cm³/mol. The van der Waals surface area contributed by atoms with E-state index < -0.39 is 0 Å². The van der Waals surface area contributed by atoms with E-state index in [4.69, 9.17) is 9.47 Å². The van der Waals surface area contributed by atoms with Crippen LogP contribution in [0.5, 0.6) is 0 Å². The maximum Gasteiger partial charge on any atom is 0.261 e. The van der Waals surface area contributed by atoms with Crippen LogP contribution < -0.4 is 10.9 Å². The molecule has 1 aromatic heterocycles. The molecule has 7 heteroatoms. The van der Waals surface area contributed by atoms with Gasteiger partial charge >= 0.3 is 0 Å². The summed E-state index contributed by atoms with van der Waals surface area (Å²) in [5.74, 6) is -0.380. The molecule has 1 atom stereocenters. The fourth-order valence-electron chi connectivity index (χ4n) is 3.08. The second kappa shape index (κ2) is 8.60. The van der Waals surface area contributed by atoms with Gasteiger partial charge in [0.2, 0.25) is 0 Å². The average molecular weight is 349 g/mol. The summed E-state index contributed by atoms with van der Waals surface area (Å²) in [7, 11) is 0. The van der Waals surface area contributed by atoms with Crippen LogP contribution in [0.4, 0.5) is 0 Å². The summed E-state index contributed by atoms with van der Waals surface area (Å²) >= 11 is 0. The monoisotopic (exact) mass is 349 g/mol. The van der Waals surface area contributed by atoms with Gasteiger partial charge in [-0.1, -0.05) is 6.92 Å². The van der Waals surface area contributed by atoms with E-state index in [-0.39, 0.29) is 23.1 Å². The molecule has 2 heterocycles. The normalized spacial score (nSPS) is 20.6. The Labute approximate surface area is 147 Å². The lowest BCUT2D eigenvalue weighted by Crippen LogP contribution is -2.41. The summed E-state index contributed by atoms with van der Waals surface area (Å²) in [6.45, 7) is 5.83. The van der Waals surface area contributed by atoms with Gasteiger partial charge in [0, 0.05) is 24.8 Å². The van der Waals surface area contributed by atoms with Gasteiger partial charge in [-0.05, 0) is 37.9 Å². The van der Waals surface area contributed by atoms with E-state index in [9.17, 15) is 9.59 Å². The lowest BCUT2D eigenvalue weighted by molar-refractivity contribution is -0.0855. The summed E-state index contributed by atoms with van der Waals surface area (Å²) in [5, 5.41) is 2.74. The van der Waals surface area contributed by atoms with Crippen LogP contribution in [0.15, 0.2) is 16.9 Å². The molecule has 0 unspecified atom stereocenters. The molecule has 1 aliphatic carbocycles. The Balaban J connectivity index is 1.56. The van der Waals surface area contributed by atoms with Gasteiger partial charge in [-0.25, -0.2) is 0 Å². The zero-order valence-electron chi connectivity index (χ0n) is 14.8. The number of carbonyl (C=O) groups is 1. The van der Waals surface area contributed by atoms with E-state index in [0.29, 0.717) is 32.4 Å². The van der Waals surface area contributed by atoms with E-state index in [0.717, 1.165) is 25.2 Å². The number of carbonyl (C=O) groups excluding carboxylic acids is 1. The molecule has 138 valence electrons. The molecule has 0 aromatic carbocycles. The Morgan fingerprint density at radius 2 is 2.20 bits per heavy atom. The molecular formula is C18H27N3O4. The number of nitrogens with zero attached hydrogens (tertiary/aromatic N) is 1. The number of aromatic nitrogens is 1. The lowest BCUT2D eigenvalue weighted by atomic mass is 10.2. The third kappa shape index (κ3) is 5.14. The summed E-state index contributed by atoms with van der Waals surface area (Å²) in [4.78, 5) is 29.7. The second-order valence-corrected chi connectivity index (χ2v) is 6.71. The summed E-state index contributed by atoms with van der Waals surface area (Å²) in [6.07, 6.45) is 3.40. The van der Waals surface area contributed by atoms with Crippen molar-refractivity contribution in [2.24, 2.45) is 0 Å². The van der Waals surface area contributed by atoms with E-state index in [1.165, 1.54) is 12.8 Å². The number of amides is 1. The van der Waals surface area contributed by atoms with Crippen LogP contribution in [0.2, 0.25) is 0 Å². The zero-order chi connectivity index (χ0) is 17.6. The number of H-pyrrole nitrogens is 1. The van der Waals surface area contributed by atoms with Gasteiger partial charge in [-0.15, -0.1) is 0 Å². The van der Waals surface area contributed by atoms with Crippen molar-refractivity contribution >= 4 is 5.91 Å². The highest BCUT2D eigenvalue weighted by molar-refractivity contribution is 5.93. The van der Waals surface area contributed by atoms with Crippen molar-refractivity contribution in [3.63, 3.8) is 0 Å². The smallest absolute Gasteiger partial charge is 0.261 e. The lowest BCUT2D eigenvalue weighted by Gasteiger charge is -2.23. The molecule has 2 N–H and O–H groups in total. The topological polar surface area (TPSA) is 83.7 Å². The first-order valence-corrected chi connectivity index (χ1v) is 9.11. The fourth-order valence-corrected chi connectivity index (χ4v) is 3.08. The van der Waals surface area contributed by atoms with Crippen molar-refractivity contribution in [3.05, 3.63) is 33.7 Å². The molecule has 1 aliphatic heterocycles. The minimum Gasteiger partial charge on any atom is -0.376 e. The number of hydrogen-bond acceptors (Lipinski definition) is 5. The van der Waals surface area contributed by atoms with Crippen molar-refractivity contribution in [1.82, 2.24) is 15.2 Å². The highest BCUT2D eigenvalue weighted by Gasteiger charge is 2.28. The van der Waals surface area contributed by atoms with Gasteiger partial charge in [-0.2, -0.15) is 0 Å². The van der Waals surface area contributed by atoms with E-state index >= 15 is 0 Å². The Morgan fingerprint density at radius 1 is 1.36 bits per heavy atom. The summed E-state index contributed by atoms with van der Waals surface area (Å²) in [6, 6.07) is 4.09. The molecule has 1 saturated carbocycles. The van der Waals surface area contributed by atoms with E-state index in [1.54, 1.807) is 6.07 Å². The van der Waals surface area contributed by atoms with Crippen LogP contribution in [0, 0.1) is 0 Å². The van der Waals surface area contributed by atoms with Gasteiger partial charge in [0.1, 0.15) is 5.56 Å². The van der Waals surface area contributed by atoms with Crippen molar-refractivity contribution in [2.45, 2.75) is 44.9 Å². The first kappa shape index (κ1) is 18.1. The Bertz CT molecular complexity index is 635. The fraction of sp³-hybridized carbons (Fsp3) is 0.667. The van der Waals surface area contributed by atoms with Gasteiger partial charge < -0.3 is 19.8 Å². The molecule has 0 radical (unpaired) electrons.